The minimum Gasteiger partial charge on any atom is -0.322 e. The first-order valence-electron chi connectivity index (χ1n) is 8.32. The number of sulfonamides is 1. The van der Waals surface area contributed by atoms with Gasteiger partial charge in [0, 0.05) is 10.7 Å². The zero-order chi connectivity index (χ0) is 21.2. The van der Waals surface area contributed by atoms with E-state index in [1.807, 2.05) is 0 Å². The first kappa shape index (κ1) is 21.5. The monoisotopic (exact) mass is 468 g/mol. The minimum atomic E-state index is -3.93. The lowest BCUT2D eigenvalue weighted by Gasteiger charge is -2.14. The van der Waals surface area contributed by atoms with Crippen molar-refractivity contribution >= 4 is 62.1 Å². The summed E-state index contributed by atoms with van der Waals surface area (Å²) in [7, 11) is -3.93. The zero-order valence-electron chi connectivity index (χ0n) is 15.0. The highest BCUT2D eigenvalue weighted by Gasteiger charge is 2.20. The van der Waals surface area contributed by atoms with Crippen molar-refractivity contribution in [2.75, 3.05) is 10.0 Å². The van der Waals surface area contributed by atoms with Gasteiger partial charge < -0.3 is 5.32 Å². The molecule has 0 radical (unpaired) electrons. The van der Waals surface area contributed by atoms with Gasteiger partial charge in [0.25, 0.3) is 15.9 Å². The number of anilines is 2. The van der Waals surface area contributed by atoms with Gasteiger partial charge in [-0.25, -0.2) is 8.42 Å². The first-order valence-corrected chi connectivity index (χ1v) is 10.9. The van der Waals surface area contributed by atoms with E-state index in [0.29, 0.717) is 16.3 Å². The fraction of sp³-hybridized carbons (Fsp3) is 0.0500. The summed E-state index contributed by atoms with van der Waals surface area (Å²) in [5, 5.41) is 3.52. The predicted octanol–water partition coefficient (Wildman–Crippen LogP) is 6.01. The highest BCUT2D eigenvalue weighted by Crippen LogP contribution is 2.27. The molecular formula is C20H15Cl3N2O3S. The van der Waals surface area contributed by atoms with Crippen LogP contribution in [0.3, 0.4) is 0 Å². The third-order valence-corrected chi connectivity index (χ3v) is 6.41. The van der Waals surface area contributed by atoms with Crippen LogP contribution in [-0.2, 0) is 10.0 Å². The SMILES string of the molecule is Cc1ccc(NC(=O)c2ccc(Cl)cc2Cl)cc1S(=O)(=O)Nc1ccccc1Cl. The Hall–Kier alpha value is -2.25. The maximum atomic E-state index is 12.9. The summed E-state index contributed by atoms with van der Waals surface area (Å²) in [4.78, 5) is 12.5. The Labute approximate surface area is 183 Å². The van der Waals surface area contributed by atoms with Crippen molar-refractivity contribution in [1.82, 2.24) is 0 Å². The molecule has 0 aliphatic rings. The van der Waals surface area contributed by atoms with Crippen LogP contribution in [0.25, 0.3) is 0 Å². The Bertz CT molecular complexity index is 1200. The van der Waals surface area contributed by atoms with E-state index < -0.39 is 15.9 Å². The van der Waals surface area contributed by atoms with Crippen molar-refractivity contribution in [2.45, 2.75) is 11.8 Å². The molecule has 5 nitrogen and oxygen atoms in total. The molecular weight excluding hydrogens is 455 g/mol. The zero-order valence-corrected chi connectivity index (χ0v) is 18.1. The van der Waals surface area contributed by atoms with Gasteiger partial charge in [0.1, 0.15) is 0 Å². The third-order valence-electron chi connectivity index (χ3n) is 4.03. The number of amides is 1. The summed E-state index contributed by atoms with van der Waals surface area (Å²) in [6, 6.07) is 15.6. The number of benzene rings is 3. The molecule has 29 heavy (non-hydrogen) atoms. The molecule has 0 bridgehead atoms. The molecule has 0 aliphatic heterocycles. The molecule has 0 aromatic heterocycles. The number of nitrogens with one attached hydrogen (secondary N) is 2. The topological polar surface area (TPSA) is 75.3 Å². The van der Waals surface area contributed by atoms with Crippen LogP contribution in [-0.4, -0.2) is 14.3 Å². The number of carbonyl (C=O) groups excluding carboxylic acids is 1. The predicted molar refractivity (Wildman–Crippen MR) is 118 cm³/mol. The maximum Gasteiger partial charge on any atom is 0.262 e. The van der Waals surface area contributed by atoms with Gasteiger partial charge in [0.2, 0.25) is 0 Å². The van der Waals surface area contributed by atoms with Crippen LogP contribution in [0.4, 0.5) is 11.4 Å². The highest BCUT2D eigenvalue weighted by atomic mass is 35.5. The lowest BCUT2D eigenvalue weighted by atomic mass is 10.2. The Morgan fingerprint density at radius 2 is 1.62 bits per heavy atom. The smallest absolute Gasteiger partial charge is 0.262 e. The third kappa shape index (κ3) is 5.03. The molecule has 0 saturated heterocycles. The van der Waals surface area contributed by atoms with Crippen molar-refractivity contribution in [3.8, 4) is 0 Å². The van der Waals surface area contributed by atoms with Crippen LogP contribution in [0.1, 0.15) is 15.9 Å². The van der Waals surface area contributed by atoms with Gasteiger partial charge in [0.05, 0.1) is 26.2 Å². The van der Waals surface area contributed by atoms with E-state index in [1.165, 1.54) is 18.2 Å². The van der Waals surface area contributed by atoms with Crippen molar-refractivity contribution in [2.24, 2.45) is 0 Å². The van der Waals surface area contributed by atoms with E-state index in [4.69, 9.17) is 34.8 Å². The normalized spacial score (nSPS) is 11.2. The molecule has 0 aliphatic carbocycles. The number of carbonyl (C=O) groups is 1. The average molecular weight is 470 g/mol. The van der Waals surface area contributed by atoms with E-state index in [0.717, 1.165) is 0 Å². The maximum absolute atomic E-state index is 12.9. The molecule has 0 spiro atoms. The molecule has 150 valence electrons. The summed E-state index contributed by atoms with van der Waals surface area (Å²) >= 11 is 18.0. The van der Waals surface area contributed by atoms with Crippen LogP contribution < -0.4 is 10.0 Å². The van der Waals surface area contributed by atoms with E-state index >= 15 is 0 Å². The molecule has 3 aromatic carbocycles. The second-order valence-electron chi connectivity index (χ2n) is 6.14. The molecule has 9 heteroatoms. The molecule has 3 aromatic rings. The Kier molecular flexibility index (Phi) is 6.39. The Morgan fingerprint density at radius 1 is 0.897 bits per heavy atom. The van der Waals surface area contributed by atoms with E-state index in [9.17, 15) is 13.2 Å². The molecule has 0 fully saturated rings. The van der Waals surface area contributed by atoms with Gasteiger partial charge in [-0.15, -0.1) is 0 Å². The number of aryl methyl sites for hydroxylation is 1. The number of hydrogen-bond donors (Lipinski definition) is 2. The van der Waals surface area contributed by atoms with Gasteiger partial charge in [-0.1, -0.05) is 53.0 Å². The molecule has 0 saturated carbocycles. The highest BCUT2D eigenvalue weighted by molar-refractivity contribution is 7.92. The molecule has 0 unspecified atom stereocenters. The van der Waals surface area contributed by atoms with E-state index in [1.54, 1.807) is 49.4 Å². The van der Waals surface area contributed by atoms with Gasteiger partial charge in [-0.3, -0.25) is 9.52 Å². The lowest BCUT2D eigenvalue weighted by Crippen LogP contribution is -2.16. The number of rotatable bonds is 5. The molecule has 0 atom stereocenters. The second-order valence-corrected chi connectivity index (χ2v) is 9.05. The van der Waals surface area contributed by atoms with E-state index in [-0.39, 0.29) is 26.2 Å². The van der Waals surface area contributed by atoms with Crippen LogP contribution in [0, 0.1) is 6.92 Å². The van der Waals surface area contributed by atoms with E-state index in [2.05, 4.69) is 10.0 Å². The van der Waals surface area contributed by atoms with Crippen LogP contribution in [0.2, 0.25) is 15.1 Å². The molecule has 3 rings (SSSR count). The number of hydrogen-bond acceptors (Lipinski definition) is 3. The Balaban J connectivity index is 1.89. The van der Waals surface area contributed by atoms with Crippen LogP contribution in [0.15, 0.2) is 65.6 Å². The number of para-hydroxylation sites is 1. The van der Waals surface area contributed by atoms with Gasteiger partial charge in [-0.2, -0.15) is 0 Å². The summed E-state index contributed by atoms with van der Waals surface area (Å²) in [5.74, 6) is -0.488. The standard InChI is InChI=1S/C20H15Cl3N2O3S/c1-12-6-8-14(24-20(26)15-9-7-13(21)10-17(15)23)11-19(12)29(27,28)25-18-5-3-2-4-16(18)22/h2-11,25H,1H3,(H,24,26). The second kappa shape index (κ2) is 8.63. The van der Waals surface area contributed by atoms with Gasteiger partial charge in [0.15, 0.2) is 0 Å². The van der Waals surface area contributed by atoms with Gasteiger partial charge >= 0.3 is 0 Å². The Morgan fingerprint density at radius 3 is 2.31 bits per heavy atom. The lowest BCUT2D eigenvalue weighted by molar-refractivity contribution is 0.102. The molecule has 0 heterocycles. The fourth-order valence-electron chi connectivity index (χ4n) is 2.58. The molecule has 1 amide bonds. The quantitative estimate of drug-likeness (QED) is 0.480. The van der Waals surface area contributed by atoms with Crippen molar-refractivity contribution in [1.29, 1.82) is 0 Å². The molecule has 2 N–H and O–H groups in total. The van der Waals surface area contributed by atoms with Gasteiger partial charge in [-0.05, 0) is 55.0 Å². The fourth-order valence-corrected chi connectivity index (χ4v) is 4.67. The van der Waals surface area contributed by atoms with Crippen molar-refractivity contribution in [3.63, 3.8) is 0 Å². The minimum absolute atomic E-state index is 0.0115. The largest absolute Gasteiger partial charge is 0.322 e. The number of halogens is 3. The van der Waals surface area contributed by atoms with Crippen LogP contribution in [0.5, 0.6) is 0 Å². The summed E-state index contributed by atoms with van der Waals surface area (Å²) < 4.78 is 28.2. The average Bonchev–Trinajstić information content (AvgIpc) is 2.65. The summed E-state index contributed by atoms with van der Waals surface area (Å²) in [6.07, 6.45) is 0. The first-order chi connectivity index (χ1) is 13.7. The summed E-state index contributed by atoms with van der Waals surface area (Å²) in [6.45, 7) is 1.66. The van der Waals surface area contributed by atoms with Crippen molar-refractivity contribution < 1.29 is 13.2 Å². The van der Waals surface area contributed by atoms with Crippen molar-refractivity contribution in [3.05, 3.63) is 86.9 Å². The van der Waals surface area contributed by atoms with Crippen LogP contribution >= 0.6 is 34.8 Å². The summed E-state index contributed by atoms with van der Waals surface area (Å²) in [5.41, 5.74) is 1.28.